The molecule has 66 heavy (non-hydrogen) atoms. The van der Waals surface area contributed by atoms with Gasteiger partial charge < -0.3 is 44.3 Å². The number of para-hydroxylation sites is 2. The highest BCUT2D eigenvalue weighted by molar-refractivity contribution is 7.86. The quantitative estimate of drug-likeness (QED) is 0.0676. The standard InChI is InChI=1S/C49H51N5O10S2/c1-49(2,65)15-14-45(55)52(3)32-17-28(26-63-43-23-36-34(21-41(43)61-4)47(56)53-33(25-50-36)19-30-10-6-8-12-38(30)53)16-29(18-32)27-64-44-24-37-35(22-42(44)62-5)48(57)54-39-13-9-7-11-31(39)20-40(54)46(51-37)66(58,59)60/h6-13,16-18,21-24,33,40,46,50-51,65H,14-15,19-20,25-27H2,1-5H3,(H,58,59,60)/t33-,40-,46-/m0/s1. The number of fused-ring (bicyclic) bond motifs is 8. The van der Waals surface area contributed by atoms with Crippen molar-refractivity contribution in [2.45, 2.75) is 74.9 Å². The van der Waals surface area contributed by atoms with E-state index in [2.05, 4.69) is 29.3 Å². The first-order valence-corrected chi connectivity index (χ1v) is 23.6. The number of amides is 3. The molecule has 3 atom stereocenters. The van der Waals surface area contributed by atoms with E-state index in [9.17, 15) is 27.4 Å². The van der Waals surface area contributed by atoms with E-state index in [-0.39, 0.29) is 71.4 Å². The van der Waals surface area contributed by atoms with Crippen LogP contribution >= 0.6 is 12.6 Å². The Morgan fingerprint density at radius 2 is 1.33 bits per heavy atom. The Kier molecular flexibility index (Phi) is 11.8. The van der Waals surface area contributed by atoms with Gasteiger partial charge in [-0.25, -0.2) is 0 Å². The second kappa shape index (κ2) is 17.4. The van der Waals surface area contributed by atoms with Crippen molar-refractivity contribution in [1.82, 2.24) is 0 Å². The third-order valence-electron chi connectivity index (χ3n) is 12.6. The van der Waals surface area contributed by atoms with Crippen LogP contribution in [0.3, 0.4) is 0 Å². The van der Waals surface area contributed by atoms with E-state index in [1.807, 2.05) is 67.3 Å². The normalized spacial score (nSPS) is 18.3. The van der Waals surface area contributed by atoms with Crippen molar-refractivity contribution in [2.75, 3.05) is 53.1 Å². The maximum Gasteiger partial charge on any atom is 0.288 e. The summed E-state index contributed by atoms with van der Waals surface area (Å²) in [7, 11) is -0.0545. The molecule has 0 aliphatic carbocycles. The smallest absolute Gasteiger partial charge is 0.288 e. The number of hydrogen-bond acceptors (Lipinski definition) is 12. The number of rotatable bonds is 13. The summed E-state index contributed by atoms with van der Waals surface area (Å²) >= 11 is 4.61. The summed E-state index contributed by atoms with van der Waals surface area (Å²) in [5, 5.41) is 4.86. The molecule has 0 radical (unpaired) electrons. The van der Waals surface area contributed by atoms with Gasteiger partial charge in [-0.1, -0.05) is 50.2 Å². The minimum Gasteiger partial charge on any atom is -0.493 e. The number of benzene rings is 5. The molecule has 0 unspecified atom stereocenters. The monoisotopic (exact) mass is 933 g/mol. The van der Waals surface area contributed by atoms with Gasteiger partial charge in [0.05, 0.1) is 48.8 Å². The molecule has 0 bridgehead atoms. The van der Waals surface area contributed by atoms with Gasteiger partial charge in [0.25, 0.3) is 21.9 Å². The molecule has 0 fully saturated rings. The van der Waals surface area contributed by atoms with Crippen molar-refractivity contribution in [1.29, 1.82) is 0 Å². The Balaban J connectivity index is 1.01. The average Bonchev–Trinajstić information content (AvgIpc) is 3.80. The number of carbonyl (C=O) groups excluding carboxylic acids is 3. The molecule has 3 amide bonds. The molecule has 0 saturated heterocycles. The van der Waals surface area contributed by atoms with Crippen molar-refractivity contribution < 1.29 is 46.3 Å². The minimum absolute atomic E-state index is 0.0454. The maximum absolute atomic E-state index is 14.2. The van der Waals surface area contributed by atoms with Crippen LogP contribution in [0.25, 0.3) is 0 Å². The van der Waals surface area contributed by atoms with Crippen LogP contribution in [0.1, 0.15) is 69.7 Å². The first-order valence-electron chi connectivity index (χ1n) is 21.6. The molecule has 0 spiro atoms. The van der Waals surface area contributed by atoms with Crippen molar-refractivity contribution >= 4 is 68.9 Å². The number of carbonyl (C=O) groups is 3. The number of methoxy groups -OCH3 is 2. The summed E-state index contributed by atoms with van der Waals surface area (Å²) in [5.74, 6) is 0.483. The summed E-state index contributed by atoms with van der Waals surface area (Å²) in [6.07, 6.45) is 1.77. The van der Waals surface area contributed by atoms with Gasteiger partial charge in [-0.2, -0.15) is 21.0 Å². The maximum atomic E-state index is 14.2. The SMILES string of the molecule is COc1cc2c(cc1OCc1cc(COc3cc4c(cc3OC)C(=O)N3c5ccccc5C[C@H]3[C@H](S(=O)(=O)O)N4)cc(N(C)C(=O)CCC(C)(C)S)c1)NC[C@@H]1Cc3ccccc3N1C2=O. The largest absolute Gasteiger partial charge is 0.493 e. The zero-order chi connectivity index (χ0) is 46.7. The zero-order valence-electron chi connectivity index (χ0n) is 37.2. The molecule has 0 saturated carbocycles. The predicted molar refractivity (Wildman–Crippen MR) is 256 cm³/mol. The number of ether oxygens (including phenoxy) is 4. The summed E-state index contributed by atoms with van der Waals surface area (Å²) in [6.45, 7) is 4.45. The summed E-state index contributed by atoms with van der Waals surface area (Å²) in [6, 6.07) is 26.2. The van der Waals surface area contributed by atoms with E-state index in [0.29, 0.717) is 58.2 Å². The van der Waals surface area contributed by atoms with E-state index in [1.165, 1.54) is 31.3 Å². The fraction of sp³-hybridized carbons (Fsp3) is 0.327. The van der Waals surface area contributed by atoms with Crippen molar-refractivity contribution in [2.24, 2.45) is 0 Å². The van der Waals surface area contributed by atoms with Crippen LogP contribution in [0.5, 0.6) is 23.0 Å². The highest BCUT2D eigenvalue weighted by Gasteiger charge is 2.47. The lowest BCUT2D eigenvalue weighted by atomic mass is 10.1. The second-order valence-electron chi connectivity index (χ2n) is 17.6. The molecule has 9 rings (SSSR count). The number of thiol groups is 1. The molecular formula is C49H51N5O10S2. The topological polar surface area (TPSA) is 176 Å². The molecule has 3 N–H and O–H groups in total. The molecule has 15 nitrogen and oxygen atoms in total. The Morgan fingerprint density at radius 3 is 1.92 bits per heavy atom. The van der Waals surface area contributed by atoms with Crippen LogP contribution in [-0.4, -0.2) is 80.7 Å². The van der Waals surface area contributed by atoms with Gasteiger partial charge in [0.15, 0.2) is 28.4 Å². The molecular weight excluding hydrogens is 883 g/mol. The van der Waals surface area contributed by atoms with Crippen LogP contribution in [0.4, 0.5) is 28.4 Å². The molecule has 4 aliphatic rings. The second-order valence-corrected chi connectivity index (χ2v) is 20.4. The van der Waals surface area contributed by atoms with Gasteiger partial charge in [0.2, 0.25) is 5.91 Å². The Morgan fingerprint density at radius 1 is 0.788 bits per heavy atom. The predicted octanol–water partition coefficient (Wildman–Crippen LogP) is 7.52. The fourth-order valence-corrected chi connectivity index (χ4v) is 10.3. The lowest BCUT2D eigenvalue weighted by Crippen LogP contribution is -2.49. The van der Waals surface area contributed by atoms with Gasteiger partial charge in [-0.05, 0) is 84.0 Å². The van der Waals surface area contributed by atoms with E-state index in [0.717, 1.165) is 23.2 Å². The van der Waals surface area contributed by atoms with Gasteiger partial charge in [-0.3, -0.25) is 18.9 Å². The molecule has 17 heteroatoms. The molecule has 344 valence electrons. The highest BCUT2D eigenvalue weighted by Crippen LogP contribution is 2.44. The van der Waals surface area contributed by atoms with E-state index in [4.69, 9.17) is 18.9 Å². The van der Waals surface area contributed by atoms with Gasteiger partial charge in [0, 0.05) is 54.0 Å². The molecule has 0 aromatic heterocycles. The van der Waals surface area contributed by atoms with Crippen molar-refractivity contribution in [3.63, 3.8) is 0 Å². The van der Waals surface area contributed by atoms with E-state index >= 15 is 0 Å². The first kappa shape index (κ1) is 44.8. The van der Waals surface area contributed by atoms with E-state index < -0.39 is 27.4 Å². The van der Waals surface area contributed by atoms with Gasteiger partial charge >= 0.3 is 0 Å². The lowest BCUT2D eigenvalue weighted by molar-refractivity contribution is -0.118. The van der Waals surface area contributed by atoms with Crippen LogP contribution in [-0.2, 0) is 41.0 Å². The Hall–Kier alpha value is -6.43. The third kappa shape index (κ3) is 8.58. The van der Waals surface area contributed by atoms with Gasteiger partial charge in [0.1, 0.15) is 13.2 Å². The summed E-state index contributed by atoms with van der Waals surface area (Å²) < 4.78 is 60.2. The van der Waals surface area contributed by atoms with Gasteiger partial charge in [-0.15, -0.1) is 0 Å². The molecule has 5 aromatic carbocycles. The van der Waals surface area contributed by atoms with Crippen molar-refractivity contribution in [3.8, 4) is 23.0 Å². The molecule has 4 aliphatic heterocycles. The lowest BCUT2D eigenvalue weighted by Gasteiger charge is -2.27. The first-order chi connectivity index (χ1) is 31.5. The number of hydrogen-bond donors (Lipinski definition) is 4. The molecule has 5 aromatic rings. The van der Waals surface area contributed by atoms with Crippen molar-refractivity contribution in [3.05, 3.63) is 124 Å². The highest BCUT2D eigenvalue weighted by atomic mass is 32.2. The van der Waals surface area contributed by atoms with Crippen LogP contribution in [0, 0.1) is 0 Å². The van der Waals surface area contributed by atoms with Crippen LogP contribution < -0.4 is 44.3 Å². The average molecular weight is 934 g/mol. The number of anilines is 5. The molecule has 4 heterocycles. The van der Waals surface area contributed by atoms with Crippen LogP contribution in [0.15, 0.2) is 91.0 Å². The summed E-state index contributed by atoms with van der Waals surface area (Å²) in [4.78, 5) is 46.7. The Labute approximate surface area is 389 Å². The third-order valence-corrected chi connectivity index (χ3v) is 13.9. The fourth-order valence-electron chi connectivity index (χ4n) is 9.26. The number of nitrogens with one attached hydrogen (secondary N) is 2. The zero-order valence-corrected chi connectivity index (χ0v) is 38.9. The van der Waals surface area contributed by atoms with E-state index in [1.54, 1.807) is 36.2 Å². The van der Waals surface area contributed by atoms with Crippen LogP contribution in [0.2, 0.25) is 0 Å². The number of nitrogens with zero attached hydrogens (tertiary/aromatic N) is 3. The summed E-state index contributed by atoms with van der Waals surface area (Å²) in [5.41, 5.74) is 6.67. The minimum atomic E-state index is -4.71. The Bertz CT molecular complexity index is 2880.